The molecule has 0 aromatic rings. The summed E-state index contributed by atoms with van der Waals surface area (Å²) in [5.41, 5.74) is 0. The summed E-state index contributed by atoms with van der Waals surface area (Å²) < 4.78 is 0. The molecule has 2 saturated heterocycles. The summed E-state index contributed by atoms with van der Waals surface area (Å²) in [6.07, 6.45) is 1.57. The van der Waals surface area contributed by atoms with Crippen molar-refractivity contribution in [1.29, 1.82) is 0 Å². The van der Waals surface area contributed by atoms with Gasteiger partial charge in [0.15, 0.2) is 0 Å². The van der Waals surface area contributed by atoms with Gasteiger partial charge in [0.2, 0.25) is 0 Å². The summed E-state index contributed by atoms with van der Waals surface area (Å²) in [5.74, 6) is 4.51. The molecule has 0 aromatic carbocycles. The molecule has 0 radical (unpaired) electrons. The van der Waals surface area contributed by atoms with Crippen molar-refractivity contribution < 1.29 is 0 Å². The van der Waals surface area contributed by atoms with Crippen molar-refractivity contribution >= 4 is 0 Å². The van der Waals surface area contributed by atoms with E-state index in [0.29, 0.717) is 0 Å². The molecule has 4 atom stereocenters. The van der Waals surface area contributed by atoms with Gasteiger partial charge in [-0.3, -0.25) is 5.32 Å². The minimum Gasteiger partial charge on any atom is -0.289 e. The van der Waals surface area contributed by atoms with Crippen molar-refractivity contribution in [3.63, 3.8) is 0 Å². The summed E-state index contributed by atoms with van der Waals surface area (Å²) in [4.78, 5) is 0. The number of nitrogens with one attached hydrogen (secondary N) is 1. The molecule has 1 N–H and O–H groups in total. The van der Waals surface area contributed by atoms with Crippen molar-refractivity contribution in [3.05, 3.63) is 0 Å². The fourth-order valence-corrected chi connectivity index (χ4v) is 4.92. The Bertz CT molecular complexity index is 255. The maximum absolute atomic E-state index is 3.46. The Kier molecular flexibility index (Phi) is 0.635. The first-order valence-corrected chi connectivity index (χ1v) is 5.21. The molecular weight excluding hydrogens is 150 g/mol. The van der Waals surface area contributed by atoms with Crippen molar-refractivity contribution in [2.45, 2.75) is 18.5 Å². The molecule has 4 unspecified atom stereocenters. The van der Waals surface area contributed by atoms with Gasteiger partial charge in [-0.25, -0.2) is 10.0 Å². The average molecular weight is 163 g/mol. The van der Waals surface area contributed by atoms with E-state index in [2.05, 4.69) is 15.3 Å². The maximum atomic E-state index is 3.46. The lowest BCUT2D eigenvalue weighted by Gasteiger charge is -2.29. The summed E-state index contributed by atoms with van der Waals surface area (Å²) >= 11 is 0. The largest absolute Gasteiger partial charge is 0.289 e. The number of rotatable bonds is 0. The maximum Gasteiger partial charge on any atom is 0.0637 e. The number of hydrogen-bond donors (Lipinski definition) is 1. The predicted molar refractivity (Wildman–Crippen MR) is 42.7 cm³/mol. The summed E-state index contributed by atoms with van der Waals surface area (Å²) in [7, 11) is 0. The summed E-state index contributed by atoms with van der Waals surface area (Å²) in [6, 6.07) is 1.94. The second kappa shape index (κ2) is 1.37. The van der Waals surface area contributed by atoms with Crippen LogP contribution < -0.4 is 5.32 Å². The second-order valence-electron chi connectivity index (χ2n) is 5.14. The SMILES string of the molecule is C1C2C3C2C2C1C3N1CNCN21. The molecule has 6 aliphatic rings. The van der Waals surface area contributed by atoms with E-state index in [0.717, 1.165) is 49.1 Å². The van der Waals surface area contributed by atoms with Crippen LogP contribution in [-0.2, 0) is 0 Å². The summed E-state index contributed by atoms with van der Waals surface area (Å²) in [6.45, 7) is 2.27. The van der Waals surface area contributed by atoms with Crippen LogP contribution in [0.2, 0.25) is 0 Å². The van der Waals surface area contributed by atoms with E-state index in [9.17, 15) is 0 Å². The highest BCUT2D eigenvalue weighted by atomic mass is 15.8. The molecule has 2 aliphatic heterocycles. The van der Waals surface area contributed by atoms with Gasteiger partial charge in [0, 0.05) is 12.1 Å². The van der Waals surface area contributed by atoms with E-state index in [1.54, 1.807) is 6.42 Å². The zero-order valence-electron chi connectivity index (χ0n) is 6.98. The first-order chi connectivity index (χ1) is 5.97. The molecular formula is C9H13N3. The van der Waals surface area contributed by atoms with Gasteiger partial charge in [-0.05, 0) is 30.1 Å². The highest BCUT2D eigenvalue weighted by Crippen LogP contribution is 2.75. The van der Waals surface area contributed by atoms with Crippen LogP contribution in [0.1, 0.15) is 6.42 Å². The number of hydrazine groups is 1. The number of fused-ring (bicyclic) bond motifs is 1. The van der Waals surface area contributed by atoms with Gasteiger partial charge in [-0.15, -0.1) is 0 Å². The smallest absolute Gasteiger partial charge is 0.0637 e. The molecule has 0 aromatic heterocycles. The van der Waals surface area contributed by atoms with Crippen LogP contribution in [0.4, 0.5) is 0 Å². The van der Waals surface area contributed by atoms with Gasteiger partial charge in [-0.1, -0.05) is 0 Å². The normalized spacial score (nSPS) is 71.0. The highest BCUT2D eigenvalue weighted by molar-refractivity contribution is 5.29. The standard InChI is InChI=1S/C9H13N3/c1-4-6-7(4)9-5(1)8(6)11-2-10-3-12(9)11/h4-10H,1-3H2. The van der Waals surface area contributed by atoms with Gasteiger partial charge in [0.1, 0.15) is 0 Å². The first kappa shape index (κ1) is 5.58. The quantitative estimate of drug-likeness (QED) is 0.527. The predicted octanol–water partition coefficient (Wildman–Crippen LogP) is -0.330. The average Bonchev–Trinajstić information content (AvgIpc) is 2.60. The third-order valence-corrected chi connectivity index (χ3v) is 5.07. The Hall–Kier alpha value is -0.120. The van der Waals surface area contributed by atoms with Gasteiger partial charge < -0.3 is 0 Å². The molecule has 0 amide bonds. The van der Waals surface area contributed by atoms with Crippen molar-refractivity contribution in [2.75, 3.05) is 13.3 Å². The van der Waals surface area contributed by atoms with E-state index in [-0.39, 0.29) is 0 Å². The topological polar surface area (TPSA) is 18.5 Å². The van der Waals surface area contributed by atoms with Crippen molar-refractivity contribution in [2.24, 2.45) is 23.7 Å². The molecule has 0 spiro atoms. The van der Waals surface area contributed by atoms with Crippen LogP contribution in [0.25, 0.3) is 0 Å². The third kappa shape index (κ3) is 0.340. The second-order valence-corrected chi connectivity index (χ2v) is 5.14. The highest BCUT2D eigenvalue weighted by Gasteiger charge is 2.80. The Morgan fingerprint density at radius 3 is 2.17 bits per heavy atom. The molecule has 64 valence electrons. The molecule has 6 fully saturated rings. The van der Waals surface area contributed by atoms with Crippen LogP contribution in [0.15, 0.2) is 0 Å². The zero-order valence-corrected chi connectivity index (χ0v) is 6.98. The Morgan fingerprint density at radius 1 is 0.917 bits per heavy atom. The van der Waals surface area contributed by atoms with E-state index in [1.165, 1.54) is 0 Å². The zero-order chi connectivity index (χ0) is 7.45. The van der Waals surface area contributed by atoms with Crippen LogP contribution in [0.3, 0.4) is 0 Å². The lowest BCUT2D eigenvalue weighted by molar-refractivity contribution is -0.00969. The minimum atomic E-state index is 0.972. The van der Waals surface area contributed by atoms with Gasteiger partial charge in [0.25, 0.3) is 0 Å². The number of hydrogen-bond acceptors (Lipinski definition) is 3. The molecule has 3 heteroatoms. The minimum absolute atomic E-state index is 0.972. The fraction of sp³-hybridized carbons (Fsp3) is 1.00. The van der Waals surface area contributed by atoms with Crippen LogP contribution in [-0.4, -0.2) is 35.4 Å². The lowest BCUT2D eigenvalue weighted by Crippen LogP contribution is -2.43. The van der Waals surface area contributed by atoms with E-state index >= 15 is 0 Å². The lowest BCUT2D eigenvalue weighted by atomic mass is 10.1. The molecule has 6 rings (SSSR count). The van der Waals surface area contributed by atoms with Crippen molar-refractivity contribution in [3.8, 4) is 0 Å². The van der Waals surface area contributed by atoms with Crippen LogP contribution in [0.5, 0.6) is 0 Å². The van der Waals surface area contributed by atoms with E-state index in [4.69, 9.17) is 0 Å². The van der Waals surface area contributed by atoms with Gasteiger partial charge >= 0.3 is 0 Å². The van der Waals surface area contributed by atoms with Crippen LogP contribution >= 0.6 is 0 Å². The first-order valence-electron chi connectivity index (χ1n) is 5.21. The fourth-order valence-electron chi connectivity index (χ4n) is 4.92. The van der Waals surface area contributed by atoms with Crippen LogP contribution in [0, 0.1) is 23.7 Å². The molecule has 3 nitrogen and oxygen atoms in total. The molecule has 4 saturated carbocycles. The molecule has 6 bridgehead atoms. The molecule has 4 aliphatic carbocycles. The van der Waals surface area contributed by atoms with E-state index < -0.39 is 0 Å². The van der Waals surface area contributed by atoms with Crippen molar-refractivity contribution in [1.82, 2.24) is 15.3 Å². The Balaban J connectivity index is 1.73. The molecule has 12 heavy (non-hydrogen) atoms. The number of nitrogens with zero attached hydrogens (tertiary/aromatic N) is 2. The van der Waals surface area contributed by atoms with E-state index in [1.807, 2.05) is 0 Å². The molecule has 2 heterocycles. The van der Waals surface area contributed by atoms with Gasteiger partial charge in [-0.2, -0.15) is 0 Å². The monoisotopic (exact) mass is 163 g/mol. The Labute approximate surface area is 71.7 Å². The summed E-state index contributed by atoms with van der Waals surface area (Å²) in [5, 5.41) is 8.71. The Morgan fingerprint density at radius 2 is 1.58 bits per heavy atom. The van der Waals surface area contributed by atoms with Gasteiger partial charge in [0.05, 0.1) is 13.3 Å². The third-order valence-electron chi connectivity index (χ3n) is 5.07.